The topological polar surface area (TPSA) is 113 Å². The summed E-state index contributed by atoms with van der Waals surface area (Å²) < 4.78 is 62.0. The Morgan fingerprint density at radius 1 is 0.850 bits per heavy atom. The molecule has 214 valence electrons. The molecule has 3 aromatic carbocycles. The molecule has 0 saturated carbocycles. The lowest BCUT2D eigenvalue weighted by molar-refractivity contribution is -0.114. The van der Waals surface area contributed by atoms with E-state index in [9.17, 15) is 21.6 Å². The van der Waals surface area contributed by atoms with Gasteiger partial charge in [-0.1, -0.05) is 28.8 Å². The van der Waals surface area contributed by atoms with Gasteiger partial charge in [0.2, 0.25) is 15.9 Å². The molecule has 1 saturated heterocycles. The highest BCUT2D eigenvalue weighted by molar-refractivity contribution is 9.10. The van der Waals surface area contributed by atoms with Gasteiger partial charge in [-0.2, -0.15) is 4.31 Å². The first kappa shape index (κ1) is 30.0. The van der Waals surface area contributed by atoms with Gasteiger partial charge in [-0.05, 0) is 92.6 Å². The fourth-order valence-electron chi connectivity index (χ4n) is 4.40. The number of ether oxygens (including phenoxy) is 1. The van der Waals surface area contributed by atoms with Crippen LogP contribution in [0.3, 0.4) is 0 Å². The van der Waals surface area contributed by atoms with Crippen molar-refractivity contribution in [3.05, 3.63) is 77.3 Å². The van der Waals surface area contributed by atoms with Crippen LogP contribution in [0, 0.1) is 0 Å². The van der Waals surface area contributed by atoms with Crippen molar-refractivity contribution in [2.24, 2.45) is 0 Å². The molecule has 0 unspecified atom stereocenters. The van der Waals surface area contributed by atoms with Crippen LogP contribution in [-0.4, -0.2) is 53.3 Å². The summed E-state index contributed by atoms with van der Waals surface area (Å²) in [6.45, 7) is 2.80. The van der Waals surface area contributed by atoms with Crippen LogP contribution in [0.25, 0.3) is 0 Å². The first-order chi connectivity index (χ1) is 19.1. The lowest BCUT2D eigenvalue weighted by Gasteiger charge is -2.24. The van der Waals surface area contributed by atoms with Crippen molar-refractivity contribution in [2.75, 3.05) is 35.9 Å². The van der Waals surface area contributed by atoms with Crippen molar-refractivity contribution in [1.82, 2.24) is 4.31 Å². The summed E-state index contributed by atoms with van der Waals surface area (Å²) in [7, 11) is -7.73. The largest absolute Gasteiger partial charge is 0.494 e. The number of hydrogen-bond donors (Lipinski definition) is 1. The Hall–Kier alpha value is -2.93. The van der Waals surface area contributed by atoms with Gasteiger partial charge in [-0.25, -0.2) is 16.8 Å². The predicted molar refractivity (Wildman–Crippen MR) is 159 cm³/mol. The number of rotatable bonds is 10. The second-order valence-corrected chi connectivity index (χ2v) is 14.0. The highest BCUT2D eigenvalue weighted by atomic mass is 79.9. The van der Waals surface area contributed by atoms with Crippen LogP contribution in [-0.2, 0) is 24.8 Å². The van der Waals surface area contributed by atoms with Gasteiger partial charge >= 0.3 is 0 Å². The van der Waals surface area contributed by atoms with Crippen LogP contribution >= 0.6 is 15.9 Å². The van der Waals surface area contributed by atoms with E-state index in [-0.39, 0.29) is 9.79 Å². The first-order valence-corrected chi connectivity index (χ1v) is 16.7. The molecule has 3 aromatic rings. The average Bonchev–Trinajstić information content (AvgIpc) is 3.24. The van der Waals surface area contributed by atoms with E-state index in [2.05, 4.69) is 21.2 Å². The molecule has 9 nitrogen and oxygen atoms in total. The zero-order valence-electron chi connectivity index (χ0n) is 22.1. The van der Waals surface area contributed by atoms with Gasteiger partial charge in [0.05, 0.1) is 22.1 Å². The number of nitrogens with zero attached hydrogens (tertiary/aromatic N) is 2. The summed E-state index contributed by atoms with van der Waals surface area (Å²) in [5.41, 5.74) is 0.646. The van der Waals surface area contributed by atoms with Gasteiger partial charge in [0.15, 0.2) is 0 Å². The van der Waals surface area contributed by atoms with Gasteiger partial charge < -0.3 is 10.1 Å². The Kier molecular flexibility index (Phi) is 9.88. The van der Waals surface area contributed by atoms with E-state index >= 15 is 0 Å². The SMILES string of the molecule is CCOc1ccc(N(CC(=O)Nc2ccc(S(=O)(=O)N3CCCCCC3)cc2)S(=O)(=O)c2ccc(Br)cc2)cc1. The molecule has 0 spiro atoms. The maximum Gasteiger partial charge on any atom is 0.264 e. The zero-order chi connectivity index (χ0) is 28.8. The minimum absolute atomic E-state index is 0.0282. The fraction of sp³-hybridized carbons (Fsp3) is 0.321. The second kappa shape index (κ2) is 13.2. The lowest BCUT2D eigenvalue weighted by atomic mass is 10.2. The van der Waals surface area contributed by atoms with Crippen LogP contribution in [0.1, 0.15) is 32.6 Å². The summed E-state index contributed by atoms with van der Waals surface area (Å²) in [4.78, 5) is 13.3. The van der Waals surface area contributed by atoms with E-state index < -0.39 is 32.5 Å². The number of carbonyl (C=O) groups is 1. The molecule has 12 heteroatoms. The molecule has 1 heterocycles. The molecule has 1 aliphatic rings. The van der Waals surface area contributed by atoms with Crippen LogP contribution < -0.4 is 14.4 Å². The van der Waals surface area contributed by atoms with E-state index in [1.165, 1.54) is 40.7 Å². The van der Waals surface area contributed by atoms with E-state index in [0.29, 0.717) is 36.8 Å². The Morgan fingerprint density at radius 3 is 2.00 bits per heavy atom. The quantitative estimate of drug-likeness (QED) is 0.321. The number of amides is 1. The molecule has 0 aliphatic carbocycles. The van der Waals surface area contributed by atoms with Gasteiger partial charge in [-0.3, -0.25) is 9.10 Å². The third kappa shape index (κ3) is 7.22. The molecule has 0 radical (unpaired) electrons. The zero-order valence-corrected chi connectivity index (χ0v) is 25.3. The summed E-state index contributed by atoms with van der Waals surface area (Å²) in [6.07, 6.45) is 3.70. The maximum absolute atomic E-state index is 13.6. The molecule has 1 aliphatic heterocycles. The summed E-state index contributed by atoms with van der Waals surface area (Å²) in [5, 5.41) is 2.69. The number of hydrogen-bond acceptors (Lipinski definition) is 6. The molecule has 0 aromatic heterocycles. The molecule has 1 fully saturated rings. The number of halogens is 1. The van der Waals surface area contributed by atoms with E-state index in [4.69, 9.17) is 4.74 Å². The van der Waals surface area contributed by atoms with Gasteiger partial charge in [0, 0.05) is 23.2 Å². The number of benzene rings is 3. The Labute approximate surface area is 244 Å². The lowest BCUT2D eigenvalue weighted by Crippen LogP contribution is -2.38. The Morgan fingerprint density at radius 2 is 1.43 bits per heavy atom. The summed E-state index contributed by atoms with van der Waals surface area (Å²) >= 11 is 3.31. The number of nitrogens with one attached hydrogen (secondary N) is 1. The highest BCUT2D eigenvalue weighted by Crippen LogP contribution is 2.27. The van der Waals surface area contributed by atoms with Crippen molar-refractivity contribution in [3.8, 4) is 5.75 Å². The molecule has 1 amide bonds. The normalized spacial score (nSPS) is 14.8. The monoisotopic (exact) mass is 649 g/mol. The Bertz CT molecular complexity index is 1500. The van der Waals surface area contributed by atoms with Gasteiger partial charge in [0.25, 0.3) is 10.0 Å². The third-order valence-electron chi connectivity index (χ3n) is 6.47. The van der Waals surface area contributed by atoms with E-state index in [1.807, 2.05) is 6.92 Å². The van der Waals surface area contributed by atoms with Crippen molar-refractivity contribution >= 4 is 53.3 Å². The summed E-state index contributed by atoms with van der Waals surface area (Å²) in [5.74, 6) is -0.00962. The first-order valence-electron chi connectivity index (χ1n) is 13.0. The number of anilines is 2. The predicted octanol–water partition coefficient (Wildman–Crippen LogP) is 5.25. The van der Waals surface area contributed by atoms with Crippen molar-refractivity contribution in [1.29, 1.82) is 0 Å². The molecule has 40 heavy (non-hydrogen) atoms. The standard InChI is InChI=1S/C28H32BrN3O6S2/c1-2-38-25-13-11-24(12-14-25)32(40(36,37)27-15-7-22(29)8-16-27)21-28(33)30-23-9-17-26(18-10-23)39(34,35)31-19-5-3-4-6-20-31/h7-18H,2-6,19-21H2,1H3,(H,30,33). The maximum atomic E-state index is 13.6. The number of carbonyl (C=O) groups excluding carboxylic acids is 1. The fourth-order valence-corrected chi connectivity index (χ4v) is 7.60. The molecule has 0 atom stereocenters. The van der Waals surface area contributed by atoms with Crippen molar-refractivity contribution in [2.45, 2.75) is 42.4 Å². The molecular weight excluding hydrogens is 618 g/mol. The van der Waals surface area contributed by atoms with Crippen LogP contribution in [0.15, 0.2) is 87.1 Å². The van der Waals surface area contributed by atoms with Crippen LogP contribution in [0.5, 0.6) is 5.75 Å². The van der Waals surface area contributed by atoms with Crippen LogP contribution in [0.2, 0.25) is 0 Å². The third-order valence-corrected chi connectivity index (χ3v) is 10.7. The average molecular weight is 651 g/mol. The summed E-state index contributed by atoms with van der Waals surface area (Å²) in [6, 6.07) is 18.5. The molecular formula is C28H32BrN3O6S2. The molecule has 1 N–H and O–H groups in total. The van der Waals surface area contributed by atoms with Gasteiger partial charge in [-0.15, -0.1) is 0 Å². The van der Waals surface area contributed by atoms with Crippen molar-refractivity contribution in [3.63, 3.8) is 0 Å². The number of sulfonamides is 2. The minimum Gasteiger partial charge on any atom is -0.494 e. The van der Waals surface area contributed by atoms with E-state index in [1.54, 1.807) is 36.4 Å². The minimum atomic E-state index is -4.10. The smallest absolute Gasteiger partial charge is 0.264 e. The molecule has 4 rings (SSSR count). The van der Waals surface area contributed by atoms with Gasteiger partial charge in [0.1, 0.15) is 12.3 Å². The van der Waals surface area contributed by atoms with E-state index in [0.717, 1.165) is 34.5 Å². The van der Waals surface area contributed by atoms with Crippen molar-refractivity contribution < 1.29 is 26.4 Å². The van der Waals surface area contributed by atoms with Crippen LogP contribution in [0.4, 0.5) is 11.4 Å². The Balaban J connectivity index is 1.54. The molecule has 0 bridgehead atoms. The highest BCUT2D eigenvalue weighted by Gasteiger charge is 2.28. The second-order valence-electron chi connectivity index (χ2n) is 9.28.